The molecule has 132 valence electrons. The lowest BCUT2D eigenvalue weighted by molar-refractivity contribution is 0.373. The van der Waals surface area contributed by atoms with Gasteiger partial charge in [0.25, 0.3) is 0 Å². The fraction of sp³-hybridized carbons (Fsp3) is 0.412. The maximum atomic E-state index is 12.4. The third-order valence-corrected chi connectivity index (χ3v) is 6.46. The number of hydrogen-bond donors (Lipinski definition) is 1. The summed E-state index contributed by atoms with van der Waals surface area (Å²) in [5, 5.41) is 3.64. The summed E-state index contributed by atoms with van der Waals surface area (Å²) in [6.07, 6.45) is 8.05. The van der Waals surface area contributed by atoms with Crippen LogP contribution < -0.4 is 4.72 Å². The van der Waals surface area contributed by atoms with Crippen LogP contribution in [0.1, 0.15) is 42.9 Å². The van der Waals surface area contributed by atoms with Crippen molar-refractivity contribution in [2.45, 2.75) is 49.5 Å². The second-order valence-electron chi connectivity index (χ2n) is 6.48. The standard InChI is InChI=1S/C17H19N3O4S/c1-11-16(10-24-19-11)25(21,22)20-13-6-4-12(5-7-13)14-9-23-15-3-2-8-18-17(14)15/h2-3,8-10,12-13,20H,4-7H2,1H3/t12-,13-. The van der Waals surface area contributed by atoms with Crippen molar-refractivity contribution in [1.29, 1.82) is 0 Å². The Labute approximate surface area is 145 Å². The van der Waals surface area contributed by atoms with Crippen LogP contribution in [-0.2, 0) is 10.0 Å². The Balaban J connectivity index is 1.44. The second kappa shape index (κ2) is 6.27. The molecule has 25 heavy (non-hydrogen) atoms. The van der Waals surface area contributed by atoms with Crippen molar-refractivity contribution in [1.82, 2.24) is 14.9 Å². The summed E-state index contributed by atoms with van der Waals surface area (Å²) in [6.45, 7) is 1.62. The lowest BCUT2D eigenvalue weighted by Gasteiger charge is -2.28. The number of sulfonamides is 1. The number of hydrogen-bond acceptors (Lipinski definition) is 6. The van der Waals surface area contributed by atoms with Gasteiger partial charge in [0.15, 0.2) is 5.58 Å². The average Bonchev–Trinajstić information content (AvgIpc) is 3.22. The van der Waals surface area contributed by atoms with Gasteiger partial charge in [0, 0.05) is 17.8 Å². The highest BCUT2D eigenvalue weighted by atomic mass is 32.2. The number of pyridine rings is 1. The summed E-state index contributed by atoms with van der Waals surface area (Å²) >= 11 is 0. The highest BCUT2D eigenvalue weighted by Crippen LogP contribution is 2.37. The zero-order valence-corrected chi connectivity index (χ0v) is 14.6. The van der Waals surface area contributed by atoms with Crippen LogP contribution in [0.5, 0.6) is 0 Å². The number of fused-ring (bicyclic) bond motifs is 1. The van der Waals surface area contributed by atoms with Crippen molar-refractivity contribution in [2.75, 3.05) is 0 Å². The van der Waals surface area contributed by atoms with Gasteiger partial charge >= 0.3 is 0 Å². The van der Waals surface area contributed by atoms with Crippen molar-refractivity contribution >= 4 is 21.1 Å². The molecule has 7 nitrogen and oxygen atoms in total. The molecule has 1 fully saturated rings. The molecule has 0 atom stereocenters. The SMILES string of the molecule is Cc1nocc1S(=O)(=O)N[C@H]1CC[C@H](c2coc3cccnc32)CC1. The van der Waals surface area contributed by atoms with E-state index in [1.54, 1.807) is 19.4 Å². The molecule has 0 aromatic carbocycles. The number of rotatable bonds is 4. The summed E-state index contributed by atoms with van der Waals surface area (Å²) in [6, 6.07) is 3.68. The third-order valence-electron chi connectivity index (χ3n) is 4.84. The van der Waals surface area contributed by atoms with E-state index >= 15 is 0 Å². The maximum absolute atomic E-state index is 12.4. The maximum Gasteiger partial charge on any atom is 0.245 e. The minimum absolute atomic E-state index is 0.0818. The molecule has 0 aliphatic heterocycles. The lowest BCUT2D eigenvalue weighted by atomic mass is 9.82. The first-order valence-corrected chi connectivity index (χ1v) is 9.78. The molecule has 0 saturated heterocycles. The number of nitrogens with zero attached hydrogens (tertiary/aromatic N) is 2. The van der Waals surface area contributed by atoms with Gasteiger partial charge in [0.2, 0.25) is 10.0 Å². The van der Waals surface area contributed by atoms with Crippen molar-refractivity contribution in [3.63, 3.8) is 0 Å². The molecule has 1 aliphatic carbocycles. The van der Waals surface area contributed by atoms with E-state index in [4.69, 9.17) is 8.94 Å². The monoisotopic (exact) mass is 361 g/mol. The van der Waals surface area contributed by atoms with Crippen molar-refractivity contribution in [2.24, 2.45) is 0 Å². The van der Waals surface area contributed by atoms with Crippen LogP contribution in [0, 0.1) is 6.92 Å². The van der Waals surface area contributed by atoms with Gasteiger partial charge in [-0.15, -0.1) is 0 Å². The molecule has 1 N–H and O–H groups in total. The summed E-state index contributed by atoms with van der Waals surface area (Å²) in [5.41, 5.74) is 3.19. The number of nitrogens with one attached hydrogen (secondary N) is 1. The normalized spacial score (nSPS) is 21.6. The molecule has 3 heterocycles. The van der Waals surface area contributed by atoms with Gasteiger partial charge in [0.1, 0.15) is 22.4 Å². The van der Waals surface area contributed by atoms with Gasteiger partial charge in [0.05, 0.1) is 6.26 Å². The molecule has 3 aromatic rings. The van der Waals surface area contributed by atoms with Gasteiger partial charge in [-0.05, 0) is 50.7 Å². The van der Waals surface area contributed by atoms with Gasteiger partial charge in [-0.3, -0.25) is 4.98 Å². The number of aromatic nitrogens is 2. The molecular formula is C17H19N3O4S. The molecular weight excluding hydrogens is 342 g/mol. The van der Waals surface area contributed by atoms with Gasteiger partial charge < -0.3 is 8.94 Å². The minimum Gasteiger partial charge on any atom is -0.462 e. The molecule has 0 unspecified atom stereocenters. The lowest BCUT2D eigenvalue weighted by Crippen LogP contribution is -2.37. The minimum atomic E-state index is -3.59. The molecule has 0 spiro atoms. The molecule has 0 bridgehead atoms. The van der Waals surface area contributed by atoms with E-state index in [9.17, 15) is 8.42 Å². The zero-order valence-electron chi connectivity index (χ0n) is 13.8. The summed E-state index contributed by atoms with van der Waals surface area (Å²) in [5.74, 6) is 0.342. The predicted molar refractivity (Wildman–Crippen MR) is 90.6 cm³/mol. The zero-order chi connectivity index (χ0) is 17.4. The molecule has 0 amide bonds. The molecule has 3 aromatic heterocycles. The van der Waals surface area contributed by atoms with Gasteiger partial charge in [-0.1, -0.05) is 5.16 Å². The first kappa shape index (κ1) is 16.3. The van der Waals surface area contributed by atoms with E-state index in [2.05, 4.69) is 14.9 Å². The van der Waals surface area contributed by atoms with E-state index in [1.807, 2.05) is 12.1 Å². The van der Waals surface area contributed by atoms with E-state index in [0.29, 0.717) is 11.6 Å². The Morgan fingerprint density at radius 3 is 2.72 bits per heavy atom. The summed E-state index contributed by atoms with van der Waals surface area (Å²) < 4.78 is 38.0. The predicted octanol–water partition coefficient (Wildman–Crippen LogP) is 3.13. The van der Waals surface area contributed by atoms with Crippen LogP contribution in [0.25, 0.3) is 11.1 Å². The average molecular weight is 361 g/mol. The second-order valence-corrected chi connectivity index (χ2v) is 8.16. The fourth-order valence-electron chi connectivity index (χ4n) is 3.52. The van der Waals surface area contributed by atoms with E-state index in [0.717, 1.165) is 42.3 Å². The van der Waals surface area contributed by atoms with Crippen molar-refractivity contribution in [3.8, 4) is 0 Å². The Hall–Kier alpha value is -2.19. The van der Waals surface area contributed by atoms with Crippen molar-refractivity contribution < 1.29 is 17.4 Å². The Morgan fingerprint density at radius 1 is 1.20 bits per heavy atom. The van der Waals surface area contributed by atoms with Gasteiger partial charge in [-0.25, -0.2) is 13.1 Å². The Bertz CT molecular complexity index is 984. The van der Waals surface area contributed by atoms with E-state index in [1.165, 1.54) is 6.26 Å². The molecule has 4 rings (SSSR count). The topological polar surface area (TPSA) is 98.2 Å². The Kier molecular flexibility index (Phi) is 4.09. The van der Waals surface area contributed by atoms with Crippen molar-refractivity contribution in [3.05, 3.63) is 42.1 Å². The summed E-state index contributed by atoms with van der Waals surface area (Å²) in [4.78, 5) is 4.53. The molecule has 1 saturated carbocycles. The largest absolute Gasteiger partial charge is 0.462 e. The van der Waals surface area contributed by atoms with Crippen LogP contribution in [-0.4, -0.2) is 24.6 Å². The highest BCUT2D eigenvalue weighted by molar-refractivity contribution is 7.89. The van der Waals surface area contributed by atoms with E-state index < -0.39 is 10.0 Å². The Morgan fingerprint density at radius 2 is 2.00 bits per heavy atom. The van der Waals surface area contributed by atoms with Crippen LogP contribution in [0.15, 0.2) is 44.7 Å². The molecule has 1 aliphatic rings. The smallest absolute Gasteiger partial charge is 0.245 e. The number of furan rings is 1. The first-order chi connectivity index (χ1) is 12.0. The quantitative estimate of drug-likeness (QED) is 0.766. The fourth-order valence-corrected chi connectivity index (χ4v) is 4.92. The molecule has 0 radical (unpaired) electrons. The van der Waals surface area contributed by atoms with Gasteiger partial charge in [-0.2, -0.15) is 0 Å². The third kappa shape index (κ3) is 3.07. The van der Waals surface area contributed by atoms with Crippen LogP contribution in [0.4, 0.5) is 0 Å². The first-order valence-electron chi connectivity index (χ1n) is 8.30. The van der Waals surface area contributed by atoms with Crippen LogP contribution >= 0.6 is 0 Å². The van der Waals surface area contributed by atoms with E-state index in [-0.39, 0.29) is 10.9 Å². The molecule has 8 heteroatoms. The summed E-state index contributed by atoms with van der Waals surface area (Å²) in [7, 11) is -3.59. The number of aryl methyl sites for hydroxylation is 1. The van der Waals surface area contributed by atoms with Crippen LogP contribution in [0.3, 0.4) is 0 Å². The highest BCUT2D eigenvalue weighted by Gasteiger charge is 2.29. The van der Waals surface area contributed by atoms with Crippen LogP contribution in [0.2, 0.25) is 0 Å².